The molecule has 1 aromatic carbocycles. The molecule has 5 nitrogen and oxygen atoms in total. The predicted molar refractivity (Wildman–Crippen MR) is 109 cm³/mol. The van der Waals surface area contributed by atoms with Gasteiger partial charge >= 0.3 is 0 Å². The molecule has 0 radical (unpaired) electrons. The van der Waals surface area contributed by atoms with Crippen LogP contribution in [0, 0.1) is 5.92 Å². The summed E-state index contributed by atoms with van der Waals surface area (Å²) in [6, 6.07) is 8.44. The normalized spacial score (nSPS) is 19.4. The molecule has 1 amide bonds. The van der Waals surface area contributed by atoms with Gasteiger partial charge in [-0.2, -0.15) is 0 Å². The van der Waals surface area contributed by atoms with Crippen molar-refractivity contribution in [1.29, 1.82) is 0 Å². The number of fused-ring (bicyclic) bond motifs is 1. The Hall–Kier alpha value is -2.17. The molecular weight excluding hydrogens is 336 g/mol. The molecule has 1 saturated carbocycles. The van der Waals surface area contributed by atoms with Crippen LogP contribution in [0.4, 0.5) is 5.82 Å². The van der Waals surface area contributed by atoms with Gasteiger partial charge in [-0.15, -0.1) is 10.2 Å². The zero-order valence-corrected chi connectivity index (χ0v) is 16.5. The summed E-state index contributed by atoms with van der Waals surface area (Å²) in [6.07, 6.45) is 8.25. The van der Waals surface area contributed by atoms with Crippen molar-refractivity contribution >= 4 is 22.5 Å². The van der Waals surface area contributed by atoms with E-state index >= 15 is 0 Å². The maximum Gasteiger partial charge on any atom is 0.275 e. The third-order valence-electron chi connectivity index (χ3n) is 6.40. The van der Waals surface area contributed by atoms with Crippen molar-refractivity contribution in [2.24, 2.45) is 5.92 Å². The molecule has 2 aromatic rings. The smallest absolute Gasteiger partial charge is 0.275 e. The van der Waals surface area contributed by atoms with E-state index in [9.17, 15) is 4.79 Å². The summed E-state index contributed by atoms with van der Waals surface area (Å²) < 4.78 is 0. The van der Waals surface area contributed by atoms with Gasteiger partial charge in [0.25, 0.3) is 5.91 Å². The van der Waals surface area contributed by atoms with Gasteiger partial charge < -0.3 is 9.80 Å². The van der Waals surface area contributed by atoms with Crippen molar-refractivity contribution in [1.82, 2.24) is 15.1 Å². The maximum atomic E-state index is 13.2. The highest BCUT2D eigenvalue weighted by molar-refractivity contribution is 6.07. The van der Waals surface area contributed by atoms with Gasteiger partial charge in [0.15, 0.2) is 11.5 Å². The predicted octanol–water partition coefficient (Wildman–Crippen LogP) is 4.27. The van der Waals surface area contributed by atoms with Crippen LogP contribution in [-0.4, -0.2) is 47.2 Å². The number of amides is 1. The van der Waals surface area contributed by atoms with Crippen LogP contribution >= 0.6 is 0 Å². The lowest BCUT2D eigenvalue weighted by Crippen LogP contribution is -2.39. The van der Waals surface area contributed by atoms with Gasteiger partial charge in [-0.05, 0) is 31.6 Å². The Morgan fingerprint density at radius 1 is 1.00 bits per heavy atom. The average molecular weight is 367 g/mol. The summed E-state index contributed by atoms with van der Waals surface area (Å²) >= 11 is 0. The average Bonchev–Trinajstić information content (AvgIpc) is 2.73. The SMILES string of the molecule is CC1CCN(c2nnc(C(=O)N(C)C3CCCCC3)c3ccccc23)CC1. The molecule has 1 aliphatic heterocycles. The van der Waals surface area contributed by atoms with Crippen LogP contribution in [0.1, 0.15) is 62.4 Å². The van der Waals surface area contributed by atoms with E-state index in [1.165, 1.54) is 32.1 Å². The lowest BCUT2D eigenvalue weighted by Gasteiger charge is -2.32. The Kier molecular flexibility index (Phi) is 5.28. The summed E-state index contributed by atoms with van der Waals surface area (Å²) in [5.41, 5.74) is 0.493. The highest BCUT2D eigenvalue weighted by Crippen LogP contribution is 2.30. The fourth-order valence-electron chi connectivity index (χ4n) is 4.50. The van der Waals surface area contributed by atoms with Crippen molar-refractivity contribution in [3.05, 3.63) is 30.0 Å². The van der Waals surface area contributed by atoms with E-state index in [4.69, 9.17) is 0 Å². The van der Waals surface area contributed by atoms with Crippen molar-refractivity contribution < 1.29 is 4.79 Å². The van der Waals surface area contributed by atoms with E-state index in [0.29, 0.717) is 11.7 Å². The van der Waals surface area contributed by atoms with E-state index in [1.54, 1.807) is 0 Å². The fraction of sp³-hybridized carbons (Fsp3) is 0.591. The lowest BCUT2D eigenvalue weighted by atomic mass is 9.94. The summed E-state index contributed by atoms with van der Waals surface area (Å²) in [5.74, 6) is 1.70. The van der Waals surface area contributed by atoms with Gasteiger partial charge in [0, 0.05) is 37.0 Å². The number of anilines is 1. The Morgan fingerprint density at radius 3 is 2.37 bits per heavy atom. The topological polar surface area (TPSA) is 49.3 Å². The number of hydrogen-bond acceptors (Lipinski definition) is 4. The van der Waals surface area contributed by atoms with Crippen molar-refractivity contribution in [2.75, 3.05) is 25.0 Å². The molecule has 2 heterocycles. The molecule has 4 rings (SSSR count). The minimum Gasteiger partial charge on any atom is -0.355 e. The number of benzene rings is 1. The minimum atomic E-state index is 0.00409. The van der Waals surface area contributed by atoms with Gasteiger partial charge in [-0.1, -0.05) is 50.5 Å². The first-order valence-corrected chi connectivity index (χ1v) is 10.4. The highest BCUT2D eigenvalue weighted by Gasteiger charge is 2.27. The molecular formula is C22H30N4O. The Labute approximate surface area is 161 Å². The Bertz CT molecular complexity index is 807. The summed E-state index contributed by atoms with van der Waals surface area (Å²) in [4.78, 5) is 17.4. The van der Waals surface area contributed by atoms with Crippen LogP contribution < -0.4 is 4.90 Å². The first-order valence-electron chi connectivity index (χ1n) is 10.4. The molecule has 1 aromatic heterocycles. The number of nitrogens with zero attached hydrogens (tertiary/aromatic N) is 4. The molecule has 27 heavy (non-hydrogen) atoms. The zero-order valence-electron chi connectivity index (χ0n) is 16.5. The third kappa shape index (κ3) is 3.64. The number of carbonyl (C=O) groups excluding carboxylic acids is 1. The van der Waals surface area contributed by atoms with Crippen LogP contribution in [0.25, 0.3) is 10.8 Å². The van der Waals surface area contributed by atoms with Crippen molar-refractivity contribution in [3.63, 3.8) is 0 Å². The second-order valence-electron chi connectivity index (χ2n) is 8.30. The van der Waals surface area contributed by atoms with Crippen molar-refractivity contribution in [2.45, 2.75) is 57.9 Å². The largest absolute Gasteiger partial charge is 0.355 e. The van der Waals surface area contributed by atoms with Gasteiger partial charge in [0.05, 0.1) is 0 Å². The summed E-state index contributed by atoms with van der Waals surface area (Å²) in [7, 11) is 1.93. The third-order valence-corrected chi connectivity index (χ3v) is 6.40. The molecule has 144 valence electrons. The van der Waals surface area contributed by atoms with E-state index in [2.05, 4.69) is 28.1 Å². The second kappa shape index (κ2) is 7.83. The quantitative estimate of drug-likeness (QED) is 0.814. The second-order valence-corrected chi connectivity index (χ2v) is 8.30. The van der Waals surface area contributed by atoms with Crippen molar-refractivity contribution in [3.8, 4) is 0 Å². The maximum absolute atomic E-state index is 13.2. The van der Waals surface area contributed by atoms with Gasteiger partial charge in [0.2, 0.25) is 0 Å². The number of aromatic nitrogens is 2. The van der Waals surface area contributed by atoms with Crippen LogP contribution in [0.2, 0.25) is 0 Å². The molecule has 0 unspecified atom stereocenters. The number of hydrogen-bond donors (Lipinski definition) is 0. The molecule has 2 fully saturated rings. The van der Waals surface area contributed by atoms with Gasteiger partial charge in [-0.25, -0.2) is 0 Å². The van der Waals surface area contributed by atoms with E-state index in [0.717, 1.165) is 48.4 Å². The monoisotopic (exact) mass is 366 g/mol. The molecule has 0 bridgehead atoms. The molecule has 1 aliphatic carbocycles. The van der Waals surface area contributed by atoms with E-state index < -0.39 is 0 Å². The van der Waals surface area contributed by atoms with E-state index in [1.807, 2.05) is 30.1 Å². The van der Waals surface area contributed by atoms with E-state index in [-0.39, 0.29) is 5.91 Å². The first kappa shape index (κ1) is 18.2. The van der Waals surface area contributed by atoms with Gasteiger partial charge in [0.1, 0.15) is 0 Å². The Balaban J connectivity index is 1.66. The highest BCUT2D eigenvalue weighted by atomic mass is 16.2. The molecule has 0 spiro atoms. The van der Waals surface area contributed by atoms with Gasteiger partial charge in [-0.3, -0.25) is 4.79 Å². The standard InChI is InChI=1S/C22H30N4O/c1-16-12-14-26(15-13-16)21-19-11-7-6-10-18(19)20(23-24-21)22(27)25(2)17-8-4-3-5-9-17/h6-7,10-11,16-17H,3-5,8-9,12-15H2,1-2H3. The summed E-state index contributed by atoms with van der Waals surface area (Å²) in [6.45, 7) is 4.33. The lowest BCUT2D eigenvalue weighted by molar-refractivity contribution is 0.0691. The molecule has 0 N–H and O–H groups in total. The summed E-state index contributed by atoms with van der Waals surface area (Å²) in [5, 5.41) is 10.9. The molecule has 1 saturated heterocycles. The minimum absolute atomic E-state index is 0.00409. The molecule has 0 atom stereocenters. The van der Waals surface area contributed by atoms with Crippen LogP contribution in [0.15, 0.2) is 24.3 Å². The van der Waals surface area contributed by atoms with Crippen LogP contribution in [0.3, 0.4) is 0 Å². The fourth-order valence-corrected chi connectivity index (χ4v) is 4.50. The number of carbonyl (C=O) groups is 1. The van der Waals surface area contributed by atoms with Crippen LogP contribution in [-0.2, 0) is 0 Å². The first-order chi connectivity index (χ1) is 13.1. The molecule has 2 aliphatic rings. The number of piperidine rings is 1. The molecule has 5 heteroatoms. The number of rotatable bonds is 3. The Morgan fingerprint density at radius 2 is 1.67 bits per heavy atom. The van der Waals surface area contributed by atoms with Crippen LogP contribution in [0.5, 0.6) is 0 Å². The zero-order chi connectivity index (χ0) is 18.8.